The molecule has 0 radical (unpaired) electrons. The highest BCUT2D eigenvalue weighted by Gasteiger charge is 2.12. The van der Waals surface area contributed by atoms with Gasteiger partial charge in [-0.15, -0.1) is 0 Å². The molecule has 1 unspecified atom stereocenters. The van der Waals surface area contributed by atoms with E-state index in [1.165, 1.54) is 4.90 Å². The van der Waals surface area contributed by atoms with Gasteiger partial charge in [0.25, 0.3) is 0 Å². The number of carbonyl (C=O) groups excluding carboxylic acids is 1. The van der Waals surface area contributed by atoms with Crippen LogP contribution in [0.2, 0.25) is 0 Å². The molecule has 0 bridgehead atoms. The average molecular weight is 346 g/mol. The van der Waals surface area contributed by atoms with E-state index in [0.717, 1.165) is 23.7 Å². The van der Waals surface area contributed by atoms with Gasteiger partial charge in [0.15, 0.2) is 5.96 Å². The maximum Gasteiger partial charge on any atom is 0.243 e. The van der Waals surface area contributed by atoms with Gasteiger partial charge in [0.05, 0.1) is 12.3 Å². The molecule has 1 atom stereocenters. The number of guanidine groups is 1. The van der Waals surface area contributed by atoms with Crippen molar-refractivity contribution in [2.45, 2.75) is 26.3 Å². The summed E-state index contributed by atoms with van der Waals surface area (Å²) in [6.45, 7) is 4.60. The van der Waals surface area contributed by atoms with Crippen molar-refractivity contribution in [2.24, 2.45) is 4.99 Å². The summed E-state index contributed by atoms with van der Waals surface area (Å²) in [7, 11) is 3.42. The van der Waals surface area contributed by atoms with Crippen LogP contribution in [0.4, 0.5) is 0 Å². The van der Waals surface area contributed by atoms with Crippen molar-refractivity contribution in [3.05, 3.63) is 47.8 Å². The molecule has 0 spiro atoms. The van der Waals surface area contributed by atoms with Crippen LogP contribution in [0.5, 0.6) is 0 Å². The fourth-order valence-electron chi connectivity index (χ4n) is 2.16. The van der Waals surface area contributed by atoms with Gasteiger partial charge in [0.1, 0.15) is 23.8 Å². The number of aliphatic imine (C=N–C) groups is 1. The number of hydrogen-bond donors (Lipinski definition) is 2. The van der Waals surface area contributed by atoms with Gasteiger partial charge < -0.3 is 24.4 Å². The number of nitrogens with one attached hydrogen (secondary N) is 2. The largest absolute Gasteiger partial charge is 0.469 e. The molecular formula is C18H26N4O3. The first-order chi connectivity index (χ1) is 12.0. The minimum absolute atomic E-state index is 0.0615. The molecular weight excluding hydrogens is 320 g/mol. The van der Waals surface area contributed by atoms with Gasteiger partial charge in [-0.3, -0.25) is 4.79 Å². The Hall–Kier alpha value is -2.70. The van der Waals surface area contributed by atoms with E-state index >= 15 is 0 Å². The molecule has 0 fully saturated rings. The fraction of sp³-hybridized carbons (Fsp3) is 0.444. The lowest BCUT2D eigenvalue weighted by atomic mass is 10.2. The number of aryl methyl sites for hydroxylation is 1. The highest BCUT2D eigenvalue weighted by atomic mass is 16.3. The van der Waals surface area contributed by atoms with Crippen molar-refractivity contribution < 1.29 is 13.6 Å². The standard InChI is InChI=1S/C18H26N4O3/c1-13-7-8-16(25-13)14(2)21-18(20-12-17(23)22(3)4)19-10-9-15-6-5-11-24-15/h5-8,11,14H,9-10,12H2,1-4H3,(H2,19,20,21). The van der Waals surface area contributed by atoms with E-state index in [-0.39, 0.29) is 18.5 Å². The quantitative estimate of drug-likeness (QED) is 0.593. The first-order valence-electron chi connectivity index (χ1n) is 8.29. The van der Waals surface area contributed by atoms with Crippen molar-refractivity contribution in [1.82, 2.24) is 15.5 Å². The summed E-state index contributed by atoms with van der Waals surface area (Å²) < 4.78 is 11.0. The lowest BCUT2D eigenvalue weighted by molar-refractivity contribution is -0.127. The van der Waals surface area contributed by atoms with E-state index < -0.39 is 0 Å². The molecule has 0 saturated heterocycles. The van der Waals surface area contributed by atoms with E-state index in [2.05, 4.69) is 15.6 Å². The maximum absolute atomic E-state index is 11.8. The van der Waals surface area contributed by atoms with E-state index in [0.29, 0.717) is 12.5 Å². The minimum atomic E-state index is -0.0713. The number of likely N-dealkylation sites (N-methyl/N-ethyl adjacent to an activating group) is 1. The molecule has 2 rings (SSSR count). The molecule has 25 heavy (non-hydrogen) atoms. The van der Waals surface area contributed by atoms with Gasteiger partial charge in [0.2, 0.25) is 5.91 Å². The van der Waals surface area contributed by atoms with Crippen LogP contribution in [0, 0.1) is 6.92 Å². The molecule has 7 heteroatoms. The second-order valence-corrected chi connectivity index (χ2v) is 6.02. The Labute approximate surface area is 148 Å². The summed E-state index contributed by atoms with van der Waals surface area (Å²) in [5.41, 5.74) is 0. The first kappa shape index (κ1) is 18.6. The van der Waals surface area contributed by atoms with E-state index in [1.54, 1.807) is 20.4 Å². The summed E-state index contributed by atoms with van der Waals surface area (Å²) in [5.74, 6) is 3.07. The first-order valence-corrected chi connectivity index (χ1v) is 8.29. The fourth-order valence-corrected chi connectivity index (χ4v) is 2.16. The van der Waals surface area contributed by atoms with Crippen LogP contribution < -0.4 is 10.6 Å². The van der Waals surface area contributed by atoms with E-state index in [9.17, 15) is 4.79 Å². The van der Waals surface area contributed by atoms with Crippen LogP contribution in [0.25, 0.3) is 0 Å². The maximum atomic E-state index is 11.8. The zero-order valence-electron chi connectivity index (χ0n) is 15.2. The van der Waals surface area contributed by atoms with Gasteiger partial charge in [0, 0.05) is 27.1 Å². The minimum Gasteiger partial charge on any atom is -0.469 e. The molecule has 7 nitrogen and oxygen atoms in total. The molecule has 2 aromatic rings. The van der Waals surface area contributed by atoms with Crippen LogP contribution >= 0.6 is 0 Å². The SMILES string of the molecule is Cc1ccc(C(C)NC(=NCC(=O)N(C)C)NCCc2ccco2)o1. The van der Waals surface area contributed by atoms with E-state index in [1.807, 2.05) is 38.1 Å². The van der Waals surface area contributed by atoms with Crippen LogP contribution in [-0.4, -0.2) is 44.0 Å². The highest BCUT2D eigenvalue weighted by molar-refractivity contribution is 5.84. The van der Waals surface area contributed by atoms with E-state index in [4.69, 9.17) is 8.83 Å². The Balaban J connectivity index is 1.97. The second kappa shape index (κ2) is 8.96. The number of nitrogens with zero attached hydrogens (tertiary/aromatic N) is 2. The summed E-state index contributed by atoms with van der Waals surface area (Å²) in [5, 5.41) is 6.49. The lowest BCUT2D eigenvalue weighted by Gasteiger charge is -2.17. The Kier molecular flexibility index (Phi) is 6.68. The monoisotopic (exact) mass is 346 g/mol. The van der Waals surface area contributed by atoms with Crippen molar-refractivity contribution in [1.29, 1.82) is 0 Å². The Morgan fingerprint density at radius 2 is 2.12 bits per heavy atom. The van der Waals surface area contributed by atoms with Gasteiger partial charge in [-0.2, -0.15) is 0 Å². The van der Waals surface area contributed by atoms with Crippen molar-refractivity contribution in [3.8, 4) is 0 Å². The number of carbonyl (C=O) groups is 1. The topological polar surface area (TPSA) is 83.0 Å². The van der Waals surface area contributed by atoms with Crippen molar-refractivity contribution >= 4 is 11.9 Å². The number of rotatable bonds is 7. The summed E-state index contributed by atoms with van der Waals surface area (Å²) in [4.78, 5) is 17.7. The number of furan rings is 2. The second-order valence-electron chi connectivity index (χ2n) is 6.02. The summed E-state index contributed by atoms with van der Waals surface area (Å²) in [6.07, 6.45) is 2.38. The zero-order valence-corrected chi connectivity index (χ0v) is 15.2. The third-order valence-corrected chi connectivity index (χ3v) is 3.66. The molecule has 2 heterocycles. The third kappa shape index (κ3) is 6.02. The third-order valence-electron chi connectivity index (χ3n) is 3.66. The average Bonchev–Trinajstić information content (AvgIpc) is 3.23. The smallest absolute Gasteiger partial charge is 0.243 e. The molecule has 0 saturated carbocycles. The van der Waals surface area contributed by atoms with Crippen molar-refractivity contribution in [3.63, 3.8) is 0 Å². The summed E-state index contributed by atoms with van der Waals surface area (Å²) >= 11 is 0. The van der Waals surface area contributed by atoms with Gasteiger partial charge in [-0.25, -0.2) is 4.99 Å². The highest BCUT2D eigenvalue weighted by Crippen LogP contribution is 2.15. The molecule has 136 valence electrons. The lowest BCUT2D eigenvalue weighted by Crippen LogP contribution is -2.40. The molecule has 0 aromatic carbocycles. The predicted molar refractivity (Wildman–Crippen MR) is 96.4 cm³/mol. The summed E-state index contributed by atoms with van der Waals surface area (Å²) in [6, 6.07) is 7.57. The molecule has 2 N–H and O–H groups in total. The van der Waals surface area contributed by atoms with Crippen LogP contribution in [0.1, 0.15) is 30.2 Å². The number of amides is 1. The molecule has 1 amide bonds. The van der Waals surface area contributed by atoms with Gasteiger partial charge in [-0.1, -0.05) is 0 Å². The Morgan fingerprint density at radius 1 is 1.32 bits per heavy atom. The molecule has 0 aliphatic heterocycles. The van der Waals surface area contributed by atoms with Crippen LogP contribution in [-0.2, 0) is 11.2 Å². The Morgan fingerprint density at radius 3 is 2.72 bits per heavy atom. The molecule has 0 aliphatic carbocycles. The molecule has 2 aromatic heterocycles. The molecule has 0 aliphatic rings. The van der Waals surface area contributed by atoms with Crippen LogP contribution in [0.15, 0.2) is 44.4 Å². The number of hydrogen-bond acceptors (Lipinski definition) is 4. The van der Waals surface area contributed by atoms with Crippen LogP contribution in [0.3, 0.4) is 0 Å². The normalized spacial score (nSPS) is 12.7. The predicted octanol–water partition coefficient (Wildman–Crippen LogP) is 2.11. The van der Waals surface area contributed by atoms with Gasteiger partial charge in [-0.05, 0) is 38.1 Å². The van der Waals surface area contributed by atoms with Crippen molar-refractivity contribution in [2.75, 3.05) is 27.2 Å². The zero-order chi connectivity index (χ0) is 18.2. The Bertz CT molecular complexity index is 689. The van der Waals surface area contributed by atoms with Gasteiger partial charge >= 0.3 is 0 Å².